The normalized spacial score (nSPS) is 11.7. The average molecular weight is 327 g/mol. The number of benzene rings is 2. The van der Waals surface area contributed by atoms with Crippen molar-refractivity contribution in [3.8, 4) is 11.5 Å². The molecule has 2 aromatic carbocycles. The lowest BCUT2D eigenvalue weighted by atomic mass is 10.0. The zero-order chi connectivity index (χ0) is 17.5. The molecule has 2 aromatic rings. The van der Waals surface area contributed by atoms with Crippen molar-refractivity contribution in [3.05, 3.63) is 59.2 Å². The number of carbonyl (C=O) groups excluding carboxylic acids is 1. The highest BCUT2D eigenvalue weighted by atomic mass is 16.5. The van der Waals surface area contributed by atoms with Crippen molar-refractivity contribution in [2.45, 2.75) is 32.7 Å². The second kappa shape index (κ2) is 8.39. The first-order valence-corrected chi connectivity index (χ1v) is 8.10. The fourth-order valence-corrected chi connectivity index (χ4v) is 2.67. The van der Waals surface area contributed by atoms with Gasteiger partial charge in [0.1, 0.15) is 11.5 Å². The Bertz CT molecular complexity index is 697. The fraction of sp³-hybridized carbons (Fsp3) is 0.350. The summed E-state index contributed by atoms with van der Waals surface area (Å²) in [5, 5.41) is 3.05. The fourth-order valence-electron chi connectivity index (χ4n) is 2.67. The number of aryl methyl sites for hydroxylation is 2. The molecule has 0 heterocycles. The Hall–Kier alpha value is -2.49. The van der Waals surface area contributed by atoms with Gasteiger partial charge in [-0.15, -0.1) is 0 Å². The molecule has 1 amide bonds. The summed E-state index contributed by atoms with van der Waals surface area (Å²) in [6.45, 7) is 4.00. The maximum absolute atomic E-state index is 12.3. The highest BCUT2D eigenvalue weighted by molar-refractivity contribution is 5.76. The number of methoxy groups -OCH3 is 2. The molecule has 128 valence electrons. The van der Waals surface area contributed by atoms with Crippen LogP contribution < -0.4 is 14.8 Å². The second-order valence-electron chi connectivity index (χ2n) is 5.89. The van der Waals surface area contributed by atoms with Crippen LogP contribution in [0.1, 0.15) is 36.1 Å². The van der Waals surface area contributed by atoms with Crippen LogP contribution in [-0.2, 0) is 11.2 Å². The Morgan fingerprint density at radius 1 is 1.12 bits per heavy atom. The first-order valence-electron chi connectivity index (χ1n) is 8.10. The molecule has 4 heteroatoms. The molecule has 0 saturated carbocycles. The van der Waals surface area contributed by atoms with Crippen LogP contribution in [0.2, 0.25) is 0 Å². The minimum atomic E-state index is -0.0994. The Morgan fingerprint density at radius 2 is 1.92 bits per heavy atom. The predicted molar refractivity (Wildman–Crippen MR) is 95.6 cm³/mol. The lowest BCUT2D eigenvalue weighted by molar-refractivity contribution is -0.121. The Balaban J connectivity index is 1.95. The third-order valence-corrected chi connectivity index (χ3v) is 4.00. The van der Waals surface area contributed by atoms with Crippen LogP contribution in [0.25, 0.3) is 0 Å². The topological polar surface area (TPSA) is 47.6 Å². The van der Waals surface area contributed by atoms with E-state index in [9.17, 15) is 4.79 Å². The van der Waals surface area contributed by atoms with Gasteiger partial charge in [0.15, 0.2) is 0 Å². The summed E-state index contributed by atoms with van der Waals surface area (Å²) in [6, 6.07) is 13.7. The summed E-state index contributed by atoms with van der Waals surface area (Å²) in [6.07, 6.45) is 1.12. The minimum absolute atomic E-state index is 0.0221. The molecule has 0 radical (unpaired) electrons. The van der Waals surface area contributed by atoms with E-state index in [1.165, 1.54) is 0 Å². The largest absolute Gasteiger partial charge is 0.497 e. The van der Waals surface area contributed by atoms with E-state index in [4.69, 9.17) is 9.47 Å². The van der Waals surface area contributed by atoms with Crippen molar-refractivity contribution in [1.82, 2.24) is 5.32 Å². The molecule has 0 bridgehead atoms. The third-order valence-electron chi connectivity index (χ3n) is 4.00. The molecule has 1 atom stereocenters. The zero-order valence-corrected chi connectivity index (χ0v) is 14.8. The summed E-state index contributed by atoms with van der Waals surface area (Å²) in [5.74, 6) is 1.63. The van der Waals surface area contributed by atoms with Crippen molar-refractivity contribution >= 4 is 5.91 Å². The van der Waals surface area contributed by atoms with Crippen molar-refractivity contribution in [2.75, 3.05) is 14.2 Å². The van der Waals surface area contributed by atoms with E-state index >= 15 is 0 Å². The predicted octanol–water partition coefficient (Wildman–Crippen LogP) is 3.82. The van der Waals surface area contributed by atoms with Crippen LogP contribution in [0.3, 0.4) is 0 Å². The molecule has 4 nitrogen and oxygen atoms in total. The van der Waals surface area contributed by atoms with Crippen LogP contribution in [0.4, 0.5) is 0 Å². The van der Waals surface area contributed by atoms with E-state index in [0.717, 1.165) is 28.2 Å². The van der Waals surface area contributed by atoms with Gasteiger partial charge < -0.3 is 14.8 Å². The zero-order valence-electron chi connectivity index (χ0n) is 14.8. The molecule has 0 saturated heterocycles. The molecular formula is C20H25NO3. The molecule has 0 aromatic heterocycles. The van der Waals surface area contributed by atoms with Crippen LogP contribution >= 0.6 is 0 Å². The summed E-state index contributed by atoms with van der Waals surface area (Å²) >= 11 is 0. The maximum Gasteiger partial charge on any atom is 0.220 e. The Kier molecular flexibility index (Phi) is 6.24. The van der Waals surface area contributed by atoms with Gasteiger partial charge in [-0.05, 0) is 44.0 Å². The van der Waals surface area contributed by atoms with E-state index in [1.54, 1.807) is 14.2 Å². The smallest absolute Gasteiger partial charge is 0.220 e. The molecule has 0 aliphatic carbocycles. The standard InChI is InChI=1S/C20H25NO3/c1-14-8-10-19(24-4)18(12-14)15(2)21-20(22)11-9-16-6-5-7-17(13-16)23-3/h5-8,10,12-13,15H,9,11H2,1-4H3,(H,21,22). The second-order valence-corrected chi connectivity index (χ2v) is 5.89. The number of nitrogens with one attached hydrogen (secondary N) is 1. The van der Waals surface area contributed by atoms with Gasteiger partial charge in [0.25, 0.3) is 0 Å². The summed E-state index contributed by atoms with van der Waals surface area (Å²) in [4.78, 5) is 12.3. The number of carbonyl (C=O) groups is 1. The number of ether oxygens (including phenoxy) is 2. The van der Waals surface area contributed by atoms with E-state index in [-0.39, 0.29) is 11.9 Å². The van der Waals surface area contributed by atoms with Gasteiger partial charge in [-0.25, -0.2) is 0 Å². The molecule has 1 unspecified atom stereocenters. The van der Waals surface area contributed by atoms with Gasteiger partial charge in [0.2, 0.25) is 5.91 Å². The lowest BCUT2D eigenvalue weighted by Gasteiger charge is -2.18. The van der Waals surface area contributed by atoms with Gasteiger partial charge >= 0.3 is 0 Å². The first-order chi connectivity index (χ1) is 11.5. The molecule has 1 N–H and O–H groups in total. The van der Waals surface area contributed by atoms with Crippen molar-refractivity contribution in [2.24, 2.45) is 0 Å². The first kappa shape index (κ1) is 17.9. The van der Waals surface area contributed by atoms with Crippen molar-refractivity contribution in [1.29, 1.82) is 0 Å². The van der Waals surface area contributed by atoms with Crippen molar-refractivity contribution < 1.29 is 14.3 Å². The number of hydrogen-bond acceptors (Lipinski definition) is 3. The molecule has 24 heavy (non-hydrogen) atoms. The molecular weight excluding hydrogens is 302 g/mol. The van der Waals surface area contributed by atoms with Crippen LogP contribution in [0, 0.1) is 6.92 Å². The van der Waals surface area contributed by atoms with Gasteiger partial charge in [-0.2, -0.15) is 0 Å². The molecule has 0 aliphatic rings. The molecule has 2 rings (SSSR count). The van der Waals surface area contributed by atoms with Crippen LogP contribution in [0.5, 0.6) is 11.5 Å². The summed E-state index contributed by atoms with van der Waals surface area (Å²) < 4.78 is 10.6. The average Bonchev–Trinajstić information content (AvgIpc) is 2.60. The van der Waals surface area contributed by atoms with Crippen molar-refractivity contribution in [3.63, 3.8) is 0 Å². The monoisotopic (exact) mass is 327 g/mol. The van der Waals surface area contributed by atoms with E-state index < -0.39 is 0 Å². The molecule has 0 aliphatic heterocycles. The highest BCUT2D eigenvalue weighted by Crippen LogP contribution is 2.26. The Labute approximate surface area is 143 Å². The molecule has 0 spiro atoms. The van der Waals surface area contributed by atoms with Crippen LogP contribution in [0.15, 0.2) is 42.5 Å². The quantitative estimate of drug-likeness (QED) is 0.841. The number of hydrogen-bond donors (Lipinski definition) is 1. The van der Waals surface area contributed by atoms with Gasteiger partial charge in [-0.3, -0.25) is 4.79 Å². The maximum atomic E-state index is 12.3. The van der Waals surface area contributed by atoms with Gasteiger partial charge in [-0.1, -0.05) is 29.8 Å². The van der Waals surface area contributed by atoms with E-state index in [0.29, 0.717) is 12.8 Å². The SMILES string of the molecule is COc1cccc(CCC(=O)NC(C)c2cc(C)ccc2OC)c1. The van der Waals surface area contributed by atoms with Gasteiger partial charge in [0, 0.05) is 12.0 Å². The summed E-state index contributed by atoms with van der Waals surface area (Å²) in [7, 11) is 3.29. The van der Waals surface area contributed by atoms with Crippen LogP contribution in [-0.4, -0.2) is 20.1 Å². The number of rotatable bonds is 7. The minimum Gasteiger partial charge on any atom is -0.497 e. The van der Waals surface area contributed by atoms with E-state index in [1.807, 2.05) is 56.3 Å². The Morgan fingerprint density at radius 3 is 2.62 bits per heavy atom. The lowest BCUT2D eigenvalue weighted by Crippen LogP contribution is -2.27. The number of amides is 1. The third kappa shape index (κ3) is 4.75. The molecule has 0 fully saturated rings. The van der Waals surface area contributed by atoms with Gasteiger partial charge in [0.05, 0.1) is 20.3 Å². The highest BCUT2D eigenvalue weighted by Gasteiger charge is 2.14. The van der Waals surface area contributed by atoms with E-state index in [2.05, 4.69) is 5.32 Å². The summed E-state index contributed by atoms with van der Waals surface area (Å²) in [5.41, 5.74) is 3.22.